The topological polar surface area (TPSA) is 61.4 Å². The molecule has 20 heavy (non-hydrogen) atoms. The summed E-state index contributed by atoms with van der Waals surface area (Å²) in [4.78, 5) is 14.7. The predicted octanol–water partition coefficient (Wildman–Crippen LogP) is 1.64. The van der Waals surface area contributed by atoms with Crippen molar-refractivity contribution in [3.63, 3.8) is 0 Å². The number of urea groups is 1. The van der Waals surface area contributed by atoms with Crippen LogP contribution in [0.15, 0.2) is 6.20 Å². The van der Waals surface area contributed by atoms with Crippen LogP contribution < -0.4 is 5.32 Å². The number of carbonyl (C=O) groups excluding carboxylic acids is 1. The number of anilines is 1. The lowest BCUT2D eigenvalue weighted by atomic mass is 10.2. The number of nitrogens with one attached hydrogen (secondary N) is 1. The second kappa shape index (κ2) is 5.92. The summed E-state index contributed by atoms with van der Waals surface area (Å²) in [7, 11) is 0. The van der Waals surface area contributed by atoms with Crippen LogP contribution in [0.25, 0.3) is 0 Å². The minimum Gasteiger partial charge on any atom is -0.322 e. The van der Waals surface area contributed by atoms with Crippen LogP contribution in [0, 0.1) is 0 Å². The fraction of sp³-hybridized carbons (Fsp3) is 0.700. The smallest absolute Gasteiger partial charge is 0.322 e. The lowest BCUT2D eigenvalue weighted by molar-refractivity contribution is -0.181. The molecule has 10 heteroatoms. The van der Waals surface area contributed by atoms with E-state index in [0.717, 1.165) is 18.5 Å². The lowest BCUT2D eigenvalue weighted by Gasteiger charge is -2.38. The van der Waals surface area contributed by atoms with Gasteiger partial charge in [0.15, 0.2) is 0 Å². The summed E-state index contributed by atoms with van der Waals surface area (Å²) in [5.41, 5.74) is 0. The normalized spacial score (nSPS) is 18.9. The maximum absolute atomic E-state index is 12.6. The molecule has 1 aromatic rings. The third-order valence-electron chi connectivity index (χ3n) is 3.21. The Morgan fingerprint density at radius 2 is 2.05 bits per heavy atom. The Kier molecular flexibility index (Phi) is 4.43. The zero-order chi connectivity index (χ0) is 14.8. The van der Waals surface area contributed by atoms with Gasteiger partial charge in [0.05, 0.1) is 6.20 Å². The molecule has 1 aliphatic rings. The Morgan fingerprint density at radius 3 is 2.55 bits per heavy atom. The van der Waals surface area contributed by atoms with Crippen molar-refractivity contribution >= 4 is 22.6 Å². The average molecular weight is 309 g/mol. The van der Waals surface area contributed by atoms with E-state index in [2.05, 4.69) is 14.9 Å². The lowest BCUT2D eigenvalue weighted by Crippen LogP contribution is -2.55. The number of halogens is 3. The summed E-state index contributed by atoms with van der Waals surface area (Å²) in [5.74, 6) is 0. The molecule has 0 saturated carbocycles. The molecule has 1 fully saturated rings. The van der Waals surface area contributed by atoms with E-state index < -0.39 is 12.2 Å². The molecule has 0 bridgehead atoms. The Hall–Kier alpha value is -1.42. The third kappa shape index (κ3) is 3.57. The van der Waals surface area contributed by atoms with E-state index in [4.69, 9.17) is 0 Å². The van der Waals surface area contributed by atoms with E-state index in [1.165, 1.54) is 16.0 Å². The summed E-state index contributed by atoms with van der Waals surface area (Å²) in [6.07, 6.45) is -2.82. The van der Waals surface area contributed by atoms with Gasteiger partial charge in [-0.25, -0.2) is 4.79 Å². The van der Waals surface area contributed by atoms with Crippen molar-refractivity contribution < 1.29 is 18.0 Å². The molecule has 0 aromatic carbocycles. The Bertz CT molecular complexity index is 444. The van der Waals surface area contributed by atoms with Crippen molar-refractivity contribution in [2.45, 2.75) is 19.1 Å². The van der Waals surface area contributed by atoms with Gasteiger partial charge < -0.3 is 4.90 Å². The van der Waals surface area contributed by atoms with Crippen LogP contribution in [0.1, 0.15) is 6.92 Å². The summed E-state index contributed by atoms with van der Waals surface area (Å²) in [6.45, 7) is 2.07. The van der Waals surface area contributed by atoms with Crippen molar-refractivity contribution in [2.75, 3.05) is 31.5 Å². The molecule has 2 rings (SSSR count). The van der Waals surface area contributed by atoms with Gasteiger partial charge in [0, 0.05) is 37.7 Å². The Balaban J connectivity index is 1.83. The largest absolute Gasteiger partial charge is 0.403 e. The van der Waals surface area contributed by atoms with E-state index >= 15 is 0 Å². The van der Waals surface area contributed by atoms with Crippen molar-refractivity contribution in [1.29, 1.82) is 0 Å². The molecule has 2 heterocycles. The van der Waals surface area contributed by atoms with E-state index in [1.807, 2.05) is 0 Å². The molecular weight excluding hydrogens is 295 g/mol. The first kappa shape index (κ1) is 15.0. The Morgan fingerprint density at radius 1 is 1.40 bits per heavy atom. The molecule has 0 aliphatic carbocycles. The van der Waals surface area contributed by atoms with Crippen LogP contribution in [0.4, 0.5) is 23.0 Å². The van der Waals surface area contributed by atoms with Crippen LogP contribution in [-0.2, 0) is 0 Å². The maximum atomic E-state index is 12.6. The van der Waals surface area contributed by atoms with Gasteiger partial charge in [0.1, 0.15) is 11.0 Å². The van der Waals surface area contributed by atoms with Gasteiger partial charge in [-0.2, -0.15) is 13.2 Å². The fourth-order valence-electron chi connectivity index (χ4n) is 1.93. The number of hydrogen-bond acceptors (Lipinski definition) is 5. The van der Waals surface area contributed by atoms with Crippen LogP contribution in [0.2, 0.25) is 0 Å². The van der Waals surface area contributed by atoms with Crippen LogP contribution in [0.3, 0.4) is 0 Å². The highest BCUT2D eigenvalue weighted by Crippen LogP contribution is 2.25. The highest BCUT2D eigenvalue weighted by Gasteiger charge is 2.41. The number of hydrogen-bond donors (Lipinski definition) is 1. The van der Waals surface area contributed by atoms with Crippen LogP contribution >= 0.6 is 11.5 Å². The summed E-state index contributed by atoms with van der Waals surface area (Å²) >= 11 is 1.05. The van der Waals surface area contributed by atoms with Gasteiger partial charge in [-0.3, -0.25) is 10.2 Å². The fourth-order valence-corrected chi connectivity index (χ4v) is 2.34. The van der Waals surface area contributed by atoms with Crippen molar-refractivity contribution in [3.8, 4) is 0 Å². The first-order chi connectivity index (χ1) is 9.38. The van der Waals surface area contributed by atoms with E-state index in [0.29, 0.717) is 5.00 Å². The van der Waals surface area contributed by atoms with Crippen LogP contribution in [-0.4, -0.2) is 63.8 Å². The summed E-state index contributed by atoms with van der Waals surface area (Å²) in [6, 6.07) is -1.83. The molecular formula is C10H14F3N5OS. The molecule has 6 nitrogen and oxygen atoms in total. The third-order valence-corrected chi connectivity index (χ3v) is 3.79. The number of alkyl halides is 3. The summed E-state index contributed by atoms with van der Waals surface area (Å²) in [5, 5.41) is 6.71. The molecule has 1 N–H and O–H groups in total. The molecule has 1 aliphatic heterocycles. The average Bonchev–Trinajstić information content (AvgIpc) is 2.90. The quantitative estimate of drug-likeness (QED) is 0.902. The zero-order valence-corrected chi connectivity index (χ0v) is 11.5. The van der Waals surface area contributed by atoms with Crippen LogP contribution in [0.5, 0.6) is 0 Å². The minimum absolute atomic E-state index is 0.203. The van der Waals surface area contributed by atoms with E-state index in [9.17, 15) is 18.0 Å². The maximum Gasteiger partial charge on any atom is 0.403 e. The van der Waals surface area contributed by atoms with Gasteiger partial charge in [0.25, 0.3) is 0 Å². The number of amides is 2. The van der Waals surface area contributed by atoms with Gasteiger partial charge in [-0.15, -0.1) is 5.10 Å². The SMILES string of the molecule is CC(N1CCN(C(=O)Nc2cnns2)CC1)C(F)(F)F. The van der Waals surface area contributed by atoms with Gasteiger partial charge >= 0.3 is 12.2 Å². The number of rotatable bonds is 2. The molecule has 112 valence electrons. The monoisotopic (exact) mass is 309 g/mol. The Labute approximate surface area is 117 Å². The molecule has 2 amide bonds. The van der Waals surface area contributed by atoms with E-state index in [-0.39, 0.29) is 32.2 Å². The second-order valence-electron chi connectivity index (χ2n) is 4.45. The molecule has 1 unspecified atom stereocenters. The zero-order valence-electron chi connectivity index (χ0n) is 10.7. The second-order valence-corrected chi connectivity index (χ2v) is 5.24. The predicted molar refractivity (Wildman–Crippen MR) is 67.6 cm³/mol. The molecule has 1 aromatic heterocycles. The number of carbonyl (C=O) groups is 1. The highest BCUT2D eigenvalue weighted by atomic mass is 32.1. The van der Waals surface area contributed by atoms with Crippen molar-refractivity contribution in [3.05, 3.63) is 6.20 Å². The summed E-state index contributed by atoms with van der Waals surface area (Å²) < 4.78 is 41.4. The minimum atomic E-state index is -4.24. The van der Waals surface area contributed by atoms with Gasteiger partial charge in [-0.05, 0) is 6.92 Å². The molecule has 1 saturated heterocycles. The first-order valence-electron chi connectivity index (χ1n) is 6.02. The first-order valence-corrected chi connectivity index (χ1v) is 6.79. The molecule has 1 atom stereocenters. The van der Waals surface area contributed by atoms with Gasteiger partial charge in [-0.1, -0.05) is 4.49 Å². The van der Waals surface area contributed by atoms with Crippen molar-refractivity contribution in [1.82, 2.24) is 19.4 Å². The van der Waals surface area contributed by atoms with E-state index in [1.54, 1.807) is 0 Å². The van der Waals surface area contributed by atoms with Gasteiger partial charge in [0.2, 0.25) is 0 Å². The number of nitrogens with zero attached hydrogens (tertiary/aromatic N) is 4. The standard InChI is InChI=1S/C10H14F3N5OS/c1-7(10(11,12)13)17-2-4-18(5-3-17)9(19)15-8-6-14-16-20-8/h6-7H,2-5H2,1H3,(H,15,19). The van der Waals surface area contributed by atoms with Crippen molar-refractivity contribution in [2.24, 2.45) is 0 Å². The molecule has 0 radical (unpaired) electrons. The highest BCUT2D eigenvalue weighted by molar-refractivity contribution is 7.10. The number of aromatic nitrogens is 2. The number of piperazine rings is 1. The molecule has 0 spiro atoms.